The van der Waals surface area contributed by atoms with Crippen LogP contribution in [0.15, 0.2) is 0 Å². The molecule has 4 heteroatoms. The molecule has 1 fully saturated rings. The zero-order valence-electron chi connectivity index (χ0n) is 10.9. The minimum absolute atomic E-state index is 0.00301. The number of rotatable bonds is 3. The molecule has 0 radical (unpaired) electrons. The number of carbonyl (C=O) groups excluding carboxylic acids is 1. The maximum Gasteiger partial charge on any atom is 0.237 e. The molecule has 1 aliphatic heterocycles. The van der Waals surface area contributed by atoms with Crippen molar-refractivity contribution in [1.82, 2.24) is 10.2 Å². The van der Waals surface area contributed by atoms with Crippen molar-refractivity contribution in [1.29, 1.82) is 0 Å². The molecule has 0 aromatic heterocycles. The van der Waals surface area contributed by atoms with Crippen molar-refractivity contribution < 1.29 is 4.79 Å². The summed E-state index contributed by atoms with van der Waals surface area (Å²) >= 11 is 0. The lowest BCUT2D eigenvalue weighted by molar-refractivity contribution is -0.124. The fourth-order valence-electron chi connectivity index (χ4n) is 2.02. The van der Waals surface area contributed by atoms with Crippen LogP contribution in [0.2, 0.25) is 0 Å². The van der Waals surface area contributed by atoms with Gasteiger partial charge in [0.2, 0.25) is 5.91 Å². The van der Waals surface area contributed by atoms with Gasteiger partial charge in [-0.3, -0.25) is 4.79 Å². The fraction of sp³-hybridized carbons (Fsp3) is 0.917. The Balaban J connectivity index is 2.40. The van der Waals surface area contributed by atoms with Crippen molar-refractivity contribution in [3.63, 3.8) is 0 Å². The van der Waals surface area contributed by atoms with Gasteiger partial charge >= 0.3 is 0 Å². The molecule has 3 atom stereocenters. The van der Waals surface area contributed by atoms with Crippen LogP contribution in [0.1, 0.15) is 33.6 Å². The van der Waals surface area contributed by atoms with E-state index >= 15 is 0 Å². The van der Waals surface area contributed by atoms with Crippen LogP contribution in [0.4, 0.5) is 0 Å². The second-order valence-corrected chi connectivity index (χ2v) is 5.33. The van der Waals surface area contributed by atoms with E-state index < -0.39 is 0 Å². The van der Waals surface area contributed by atoms with Gasteiger partial charge in [0.25, 0.3) is 0 Å². The fourth-order valence-corrected chi connectivity index (χ4v) is 2.02. The Morgan fingerprint density at radius 2 is 2.12 bits per heavy atom. The maximum atomic E-state index is 11.8. The van der Waals surface area contributed by atoms with Crippen molar-refractivity contribution >= 4 is 5.91 Å². The highest BCUT2D eigenvalue weighted by Crippen LogP contribution is 2.15. The van der Waals surface area contributed by atoms with Gasteiger partial charge in [0, 0.05) is 18.6 Å². The second kappa shape index (κ2) is 5.64. The number of hydrogen-bond acceptors (Lipinski definition) is 3. The van der Waals surface area contributed by atoms with Gasteiger partial charge in [-0.15, -0.1) is 0 Å². The molecule has 94 valence electrons. The molecule has 0 saturated carbocycles. The highest BCUT2D eigenvalue weighted by Gasteiger charge is 2.26. The molecule has 1 saturated heterocycles. The Hall–Kier alpha value is -0.610. The Morgan fingerprint density at radius 1 is 1.50 bits per heavy atom. The number of nitrogens with two attached hydrogens (primary N) is 1. The Kier molecular flexibility index (Phi) is 4.74. The first-order chi connectivity index (χ1) is 7.41. The zero-order valence-corrected chi connectivity index (χ0v) is 10.9. The highest BCUT2D eigenvalue weighted by molar-refractivity contribution is 5.82. The van der Waals surface area contributed by atoms with Gasteiger partial charge in [-0.05, 0) is 32.7 Å². The summed E-state index contributed by atoms with van der Waals surface area (Å²) in [5, 5.41) is 3.06. The van der Waals surface area contributed by atoms with Gasteiger partial charge in [-0.25, -0.2) is 0 Å². The van der Waals surface area contributed by atoms with Crippen LogP contribution in [-0.2, 0) is 4.79 Å². The van der Waals surface area contributed by atoms with Crippen LogP contribution >= 0.6 is 0 Å². The smallest absolute Gasteiger partial charge is 0.237 e. The van der Waals surface area contributed by atoms with E-state index in [4.69, 9.17) is 5.73 Å². The van der Waals surface area contributed by atoms with Crippen LogP contribution in [0, 0.1) is 5.92 Å². The molecule has 3 N–H and O–H groups in total. The van der Waals surface area contributed by atoms with Crippen molar-refractivity contribution in [2.45, 2.75) is 51.7 Å². The highest BCUT2D eigenvalue weighted by atomic mass is 16.2. The van der Waals surface area contributed by atoms with Crippen molar-refractivity contribution in [2.75, 3.05) is 13.6 Å². The van der Waals surface area contributed by atoms with E-state index in [1.54, 1.807) is 0 Å². The summed E-state index contributed by atoms with van der Waals surface area (Å²) in [6, 6.07) is 0.452. The van der Waals surface area contributed by atoms with Crippen LogP contribution in [0.5, 0.6) is 0 Å². The minimum Gasteiger partial charge on any atom is -0.352 e. The molecule has 1 rings (SSSR count). The normalized spacial score (nSPS) is 29.1. The number of nitrogens with zero attached hydrogens (tertiary/aromatic N) is 1. The Labute approximate surface area is 98.6 Å². The van der Waals surface area contributed by atoms with E-state index in [9.17, 15) is 4.79 Å². The number of amides is 1. The van der Waals surface area contributed by atoms with E-state index in [1.165, 1.54) is 0 Å². The monoisotopic (exact) mass is 227 g/mol. The molecule has 0 aliphatic carbocycles. The number of piperidine rings is 1. The SMILES string of the molecule is CC(C)[C@@H](N)C(=O)NC1CCN(C)C(C)C1. The number of nitrogens with one attached hydrogen (secondary N) is 1. The first-order valence-electron chi connectivity index (χ1n) is 6.18. The molecule has 4 nitrogen and oxygen atoms in total. The third-order valence-corrected chi connectivity index (χ3v) is 3.58. The summed E-state index contributed by atoms with van der Waals surface area (Å²) in [6.45, 7) is 7.19. The average molecular weight is 227 g/mol. The van der Waals surface area contributed by atoms with E-state index in [0.717, 1.165) is 19.4 Å². The predicted molar refractivity (Wildman–Crippen MR) is 66.1 cm³/mol. The molecule has 16 heavy (non-hydrogen) atoms. The number of hydrogen-bond donors (Lipinski definition) is 2. The predicted octanol–water partition coefficient (Wildman–Crippen LogP) is 0.569. The number of likely N-dealkylation sites (tertiary alicyclic amines) is 1. The summed E-state index contributed by atoms with van der Waals surface area (Å²) in [5.74, 6) is 0.195. The summed E-state index contributed by atoms with van der Waals surface area (Å²) in [5.41, 5.74) is 5.82. The van der Waals surface area contributed by atoms with Crippen LogP contribution < -0.4 is 11.1 Å². The third kappa shape index (κ3) is 3.46. The molecule has 0 aromatic carbocycles. The van der Waals surface area contributed by atoms with Gasteiger partial charge in [0.05, 0.1) is 6.04 Å². The molecule has 2 unspecified atom stereocenters. The lowest BCUT2D eigenvalue weighted by Crippen LogP contribution is -2.52. The minimum atomic E-state index is -0.380. The molecule has 1 aliphatic rings. The molecule has 0 aromatic rings. The van der Waals surface area contributed by atoms with Crippen molar-refractivity contribution in [3.8, 4) is 0 Å². The molecule has 0 spiro atoms. The van der Waals surface area contributed by atoms with Gasteiger partial charge in [0.15, 0.2) is 0 Å². The first kappa shape index (κ1) is 13.5. The van der Waals surface area contributed by atoms with Crippen LogP contribution in [0.3, 0.4) is 0 Å². The van der Waals surface area contributed by atoms with Crippen LogP contribution in [-0.4, -0.2) is 42.5 Å². The average Bonchev–Trinajstić information content (AvgIpc) is 2.22. The molecule has 0 bridgehead atoms. The largest absolute Gasteiger partial charge is 0.352 e. The standard InChI is InChI=1S/C12H25N3O/c1-8(2)11(13)12(16)14-10-5-6-15(4)9(3)7-10/h8-11H,5-7,13H2,1-4H3,(H,14,16)/t9?,10?,11-/m1/s1. The van der Waals surface area contributed by atoms with Crippen molar-refractivity contribution in [2.24, 2.45) is 11.7 Å². The lowest BCUT2D eigenvalue weighted by Gasteiger charge is -2.35. The topological polar surface area (TPSA) is 58.4 Å². The molecular formula is C12H25N3O. The van der Waals surface area contributed by atoms with Gasteiger partial charge in [-0.1, -0.05) is 13.8 Å². The quantitative estimate of drug-likeness (QED) is 0.741. The second-order valence-electron chi connectivity index (χ2n) is 5.33. The van der Waals surface area contributed by atoms with E-state index in [1.807, 2.05) is 13.8 Å². The van der Waals surface area contributed by atoms with E-state index in [-0.39, 0.29) is 17.9 Å². The first-order valence-corrected chi connectivity index (χ1v) is 6.18. The van der Waals surface area contributed by atoms with Crippen molar-refractivity contribution in [3.05, 3.63) is 0 Å². The summed E-state index contributed by atoms with van der Waals surface area (Å²) < 4.78 is 0. The zero-order chi connectivity index (χ0) is 12.3. The third-order valence-electron chi connectivity index (χ3n) is 3.58. The van der Waals surface area contributed by atoms with Crippen LogP contribution in [0.25, 0.3) is 0 Å². The summed E-state index contributed by atoms with van der Waals surface area (Å²) in [7, 11) is 2.13. The van der Waals surface area contributed by atoms with E-state index in [2.05, 4.69) is 24.2 Å². The maximum absolute atomic E-state index is 11.8. The molecule has 1 heterocycles. The Bertz CT molecular complexity index is 242. The van der Waals surface area contributed by atoms with Gasteiger partial charge in [0.1, 0.15) is 0 Å². The van der Waals surface area contributed by atoms with Gasteiger partial charge in [-0.2, -0.15) is 0 Å². The van der Waals surface area contributed by atoms with E-state index in [0.29, 0.717) is 12.1 Å². The van der Waals surface area contributed by atoms with Gasteiger partial charge < -0.3 is 16.0 Å². The number of carbonyl (C=O) groups is 1. The summed E-state index contributed by atoms with van der Waals surface area (Å²) in [4.78, 5) is 14.1. The Morgan fingerprint density at radius 3 is 2.62 bits per heavy atom. The summed E-state index contributed by atoms with van der Waals surface area (Å²) in [6.07, 6.45) is 2.05. The molecule has 1 amide bonds. The molecular weight excluding hydrogens is 202 g/mol. The lowest BCUT2D eigenvalue weighted by atomic mass is 9.97.